The van der Waals surface area contributed by atoms with Crippen LogP contribution in [-0.2, 0) is 16.1 Å². The predicted octanol–water partition coefficient (Wildman–Crippen LogP) is 4.40. The summed E-state index contributed by atoms with van der Waals surface area (Å²) in [5.41, 5.74) is 3.33. The number of carbonyl (C=O) groups excluding carboxylic acids is 3. The van der Waals surface area contributed by atoms with Crippen LogP contribution < -0.4 is 15.5 Å². The van der Waals surface area contributed by atoms with Gasteiger partial charge in [0.1, 0.15) is 5.60 Å². The highest BCUT2D eigenvalue weighted by Gasteiger charge is 2.23. The highest BCUT2D eigenvalue weighted by Crippen LogP contribution is 2.27. The largest absolute Gasteiger partial charge is 0.444 e. The van der Waals surface area contributed by atoms with Crippen molar-refractivity contribution >= 4 is 29.3 Å². The molecule has 0 unspecified atom stereocenters. The van der Waals surface area contributed by atoms with Crippen molar-refractivity contribution < 1.29 is 19.1 Å². The van der Waals surface area contributed by atoms with Gasteiger partial charge in [-0.2, -0.15) is 0 Å². The number of amides is 3. The van der Waals surface area contributed by atoms with Gasteiger partial charge < -0.3 is 20.3 Å². The number of nitrogens with zero attached hydrogens (tertiary/aromatic N) is 1. The normalized spacial score (nSPS) is 13.8. The van der Waals surface area contributed by atoms with Crippen molar-refractivity contribution in [1.82, 2.24) is 5.32 Å². The van der Waals surface area contributed by atoms with E-state index in [2.05, 4.69) is 10.6 Å². The monoisotopic (exact) mass is 423 g/mol. The Morgan fingerprint density at radius 1 is 1.10 bits per heavy atom. The molecule has 164 valence electrons. The number of benzene rings is 2. The lowest BCUT2D eigenvalue weighted by Crippen LogP contribution is -2.32. The molecule has 2 aromatic rings. The molecule has 0 aromatic heterocycles. The SMILES string of the molecule is Cc1cc(NC(=O)c2ccc(CNC(=O)OC(C)(C)C)cc2)ccc1N1CCCC1=O. The van der Waals surface area contributed by atoms with Crippen LogP contribution in [0.1, 0.15) is 55.1 Å². The van der Waals surface area contributed by atoms with Crippen LogP contribution in [0.4, 0.5) is 16.2 Å². The first-order valence-corrected chi connectivity index (χ1v) is 10.4. The quantitative estimate of drug-likeness (QED) is 0.746. The number of anilines is 2. The maximum Gasteiger partial charge on any atom is 0.407 e. The van der Waals surface area contributed by atoms with E-state index in [4.69, 9.17) is 4.74 Å². The van der Waals surface area contributed by atoms with E-state index in [0.717, 1.165) is 29.8 Å². The number of hydrogen-bond donors (Lipinski definition) is 2. The van der Waals surface area contributed by atoms with Crippen LogP contribution in [0.25, 0.3) is 0 Å². The molecule has 0 saturated carbocycles. The number of hydrogen-bond acceptors (Lipinski definition) is 4. The zero-order chi connectivity index (χ0) is 22.6. The summed E-state index contributed by atoms with van der Waals surface area (Å²) in [6.45, 7) is 8.40. The second-order valence-corrected chi connectivity index (χ2v) is 8.66. The lowest BCUT2D eigenvalue weighted by atomic mass is 10.1. The minimum Gasteiger partial charge on any atom is -0.444 e. The Morgan fingerprint density at radius 2 is 1.81 bits per heavy atom. The third-order valence-electron chi connectivity index (χ3n) is 4.87. The molecule has 3 amide bonds. The Bertz CT molecular complexity index is 977. The van der Waals surface area contributed by atoms with Gasteiger partial charge in [-0.15, -0.1) is 0 Å². The number of carbonyl (C=O) groups is 3. The molecule has 7 nitrogen and oxygen atoms in total. The zero-order valence-corrected chi connectivity index (χ0v) is 18.5. The molecule has 1 aliphatic rings. The number of alkyl carbamates (subject to hydrolysis) is 1. The summed E-state index contributed by atoms with van der Waals surface area (Å²) in [5, 5.41) is 5.58. The highest BCUT2D eigenvalue weighted by atomic mass is 16.6. The molecule has 0 aliphatic carbocycles. The van der Waals surface area contributed by atoms with Crippen molar-refractivity contribution in [2.24, 2.45) is 0 Å². The van der Waals surface area contributed by atoms with Crippen LogP contribution >= 0.6 is 0 Å². The van der Waals surface area contributed by atoms with Crippen molar-refractivity contribution in [2.75, 3.05) is 16.8 Å². The van der Waals surface area contributed by atoms with E-state index in [9.17, 15) is 14.4 Å². The first-order valence-electron chi connectivity index (χ1n) is 10.4. The van der Waals surface area contributed by atoms with Gasteiger partial charge in [-0.1, -0.05) is 12.1 Å². The lowest BCUT2D eigenvalue weighted by molar-refractivity contribution is -0.117. The smallest absolute Gasteiger partial charge is 0.407 e. The summed E-state index contributed by atoms with van der Waals surface area (Å²) in [6.07, 6.45) is 0.977. The molecular formula is C24H29N3O4. The number of ether oxygens (including phenoxy) is 1. The van der Waals surface area contributed by atoms with Gasteiger partial charge in [-0.3, -0.25) is 9.59 Å². The Balaban J connectivity index is 1.57. The van der Waals surface area contributed by atoms with E-state index >= 15 is 0 Å². The molecule has 0 bridgehead atoms. The van der Waals surface area contributed by atoms with Crippen molar-refractivity contribution in [2.45, 2.75) is 52.7 Å². The van der Waals surface area contributed by atoms with Crippen LogP contribution in [0, 0.1) is 6.92 Å². The topological polar surface area (TPSA) is 87.7 Å². The molecule has 2 N–H and O–H groups in total. The van der Waals surface area contributed by atoms with E-state index in [1.807, 2.05) is 25.1 Å². The molecule has 1 aliphatic heterocycles. The Kier molecular flexibility index (Phi) is 6.63. The van der Waals surface area contributed by atoms with Gasteiger partial charge in [0.25, 0.3) is 5.91 Å². The summed E-state index contributed by atoms with van der Waals surface area (Å²) in [4.78, 5) is 38.1. The van der Waals surface area contributed by atoms with Gasteiger partial charge in [-0.25, -0.2) is 4.79 Å². The van der Waals surface area contributed by atoms with E-state index in [0.29, 0.717) is 24.2 Å². The van der Waals surface area contributed by atoms with Crippen molar-refractivity contribution in [3.63, 3.8) is 0 Å². The van der Waals surface area contributed by atoms with Crippen LogP contribution in [0.5, 0.6) is 0 Å². The third kappa shape index (κ3) is 6.07. The summed E-state index contributed by atoms with van der Waals surface area (Å²) in [6, 6.07) is 12.6. The Labute approximate surface area is 182 Å². The van der Waals surface area contributed by atoms with Gasteiger partial charge in [0.05, 0.1) is 0 Å². The highest BCUT2D eigenvalue weighted by molar-refractivity contribution is 6.04. The molecule has 3 rings (SSSR count). The molecule has 1 fully saturated rings. The van der Waals surface area contributed by atoms with Gasteiger partial charge >= 0.3 is 6.09 Å². The fourth-order valence-corrected chi connectivity index (χ4v) is 3.40. The average molecular weight is 424 g/mol. The maximum atomic E-state index is 12.6. The van der Waals surface area contributed by atoms with Crippen molar-refractivity contribution in [1.29, 1.82) is 0 Å². The molecular weight excluding hydrogens is 394 g/mol. The third-order valence-corrected chi connectivity index (χ3v) is 4.87. The minimum atomic E-state index is -0.549. The number of rotatable bonds is 5. The van der Waals surface area contributed by atoms with Crippen LogP contribution in [-0.4, -0.2) is 30.1 Å². The summed E-state index contributed by atoms with van der Waals surface area (Å²) >= 11 is 0. The Hall–Kier alpha value is -3.35. The van der Waals surface area contributed by atoms with E-state index < -0.39 is 11.7 Å². The fourth-order valence-electron chi connectivity index (χ4n) is 3.40. The van der Waals surface area contributed by atoms with Crippen LogP contribution in [0.2, 0.25) is 0 Å². The maximum absolute atomic E-state index is 12.6. The standard InChI is InChI=1S/C24H29N3O4/c1-16-14-19(11-12-20(16)27-13-5-6-21(27)28)26-22(29)18-9-7-17(8-10-18)15-25-23(30)31-24(2,3)4/h7-12,14H,5-6,13,15H2,1-4H3,(H,25,30)(H,26,29). The van der Waals surface area contributed by atoms with Crippen LogP contribution in [0.15, 0.2) is 42.5 Å². The first kappa shape index (κ1) is 22.3. The minimum absolute atomic E-state index is 0.140. The second-order valence-electron chi connectivity index (χ2n) is 8.66. The molecule has 1 saturated heterocycles. The molecule has 2 aromatic carbocycles. The van der Waals surface area contributed by atoms with Gasteiger partial charge in [-0.05, 0) is 75.6 Å². The average Bonchev–Trinajstić information content (AvgIpc) is 3.11. The van der Waals surface area contributed by atoms with Crippen LogP contribution in [0.3, 0.4) is 0 Å². The van der Waals surface area contributed by atoms with Crippen molar-refractivity contribution in [3.8, 4) is 0 Å². The molecule has 31 heavy (non-hydrogen) atoms. The van der Waals surface area contributed by atoms with E-state index in [-0.39, 0.29) is 11.8 Å². The first-order chi connectivity index (χ1) is 14.6. The van der Waals surface area contributed by atoms with Gasteiger partial charge in [0, 0.05) is 36.4 Å². The van der Waals surface area contributed by atoms with Crippen molar-refractivity contribution in [3.05, 3.63) is 59.2 Å². The summed E-state index contributed by atoms with van der Waals surface area (Å²) in [7, 11) is 0. The fraction of sp³-hybridized carbons (Fsp3) is 0.375. The summed E-state index contributed by atoms with van der Waals surface area (Å²) in [5.74, 6) is -0.0859. The van der Waals surface area contributed by atoms with E-state index in [1.54, 1.807) is 49.9 Å². The van der Waals surface area contributed by atoms with E-state index in [1.165, 1.54) is 0 Å². The molecule has 0 atom stereocenters. The molecule has 0 radical (unpaired) electrons. The van der Waals surface area contributed by atoms with Gasteiger partial charge in [0.15, 0.2) is 0 Å². The molecule has 0 spiro atoms. The lowest BCUT2D eigenvalue weighted by Gasteiger charge is -2.19. The number of aryl methyl sites for hydroxylation is 1. The molecule has 1 heterocycles. The predicted molar refractivity (Wildman–Crippen MR) is 120 cm³/mol. The molecule has 7 heteroatoms. The number of nitrogens with one attached hydrogen (secondary N) is 2. The second kappa shape index (κ2) is 9.20. The zero-order valence-electron chi connectivity index (χ0n) is 18.5. The van der Waals surface area contributed by atoms with Gasteiger partial charge in [0.2, 0.25) is 5.91 Å². The summed E-state index contributed by atoms with van der Waals surface area (Å²) < 4.78 is 5.21. The Morgan fingerprint density at radius 3 is 2.39 bits per heavy atom.